The minimum Gasteiger partial charge on any atom is -0.497 e. The summed E-state index contributed by atoms with van der Waals surface area (Å²) in [5.41, 5.74) is 0.464. The molecule has 1 aliphatic heterocycles. The maximum absolute atomic E-state index is 12.9. The summed E-state index contributed by atoms with van der Waals surface area (Å²) in [6, 6.07) is 2.53. The van der Waals surface area contributed by atoms with Crippen molar-refractivity contribution in [3.63, 3.8) is 0 Å². The van der Waals surface area contributed by atoms with Crippen molar-refractivity contribution in [2.24, 2.45) is 0 Å². The van der Waals surface area contributed by atoms with Crippen molar-refractivity contribution in [3.05, 3.63) is 23.3 Å². The summed E-state index contributed by atoms with van der Waals surface area (Å²) in [4.78, 5) is 37.8. The van der Waals surface area contributed by atoms with Gasteiger partial charge in [-0.15, -0.1) is 0 Å². The van der Waals surface area contributed by atoms with Crippen LogP contribution in [0.2, 0.25) is 0 Å². The second-order valence-corrected chi connectivity index (χ2v) is 5.35. The largest absolute Gasteiger partial charge is 0.497 e. The first-order chi connectivity index (χ1) is 12.4. The Bertz CT molecular complexity index is 784. The first-order valence-electron chi connectivity index (χ1n) is 7.56. The average Bonchev–Trinajstić information content (AvgIpc) is 2.96. The average molecular weight is 362 g/mol. The number of esters is 2. The SMILES string of the molecule is COC(=O)CC(C(=O)OC)N1C(=O)c2cc(OC)cc(OC)c2C1C#N. The Hall–Kier alpha value is -3.28. The smallest absolute Gasteiger partial charge is 0.329 e. The number of rotatable bonds is 6. The number of amides is 1. The zero-order valence-electron chi connectivity index (χ0n) is 14.8. The second-order valence-electron chi connectivity index (χ2n) is 5.35. The lowest BCUT2D eigenvalue weighted by atomic mass is 10.0. The van der Waals surface area contributed by atoms with Gasteiger partial charge in [-0.1, -0.05) is 0 Å². The number of nitriles is 1. The topological polar surface area (TPSA) is 115 Å². The zero-order valence-corrected chi connectivity index (χ0v) is 14.8. The highest BCUT2D eigenvalue weighted by atomic mass is 16.5. The number of hydrogen-bond donors (Lipinski definition) is 0. The van der Waals surface area contributed by atoms with E-state index >= 15 is 0 Å². The van der Waals surface area contributed by atoms with Crippen LogP contribution >= 0.6 is 0 Å². The fourth-order valence-corrected chi connectivity index (χ4v) is 2.86. The molecule has 0 spiro atoms. The Morgan fingerprint density at radius 1 is 1.19 bits per heavy atom. The Balaban J connectivity index is 2.59. The lowest BCUT2D eigenvalue weighted by Crippen LogP contribution is -2.45. The van der Waals surface area contributed by atoms with Crippen LogP contribution in [0.25, 0.3) is 0 Å². The summed E-state index contributed by atoms with van der Waals surface area (Å²) in [7, 11) is 5.11. The molecular weight excluding hydrogens is 344 g/mol. The number of fused-ring (bicyclic) bond motifs is 1. The highest BCUT2D eigenvalue weighted by Gasteiger charge is 2.47. The molecule has 26 heavy (non-hydrogen) atoms. The molecule has 1 amide bonds. The molecule has 9 nitrogen and oxygen atoms in total. The molecule has 2 rings (SSSR count). The van der Waals surface area contributed by atoms with E-state index in [1.807, 2.05) is 6.07 Å². The van der Waals surface area contributed by atoms with E-state index in [1.165, 1.54) is 26.4 Å². The maximum atomic E-state index is 12.9. The zero-order chi connectivity index (χ0) is 19.4. The fourth-order valence-electron chi connectivity index (χ4n) is 2.86. The molecule has 1 heterocycles. The van der Waals surface area contributed by atoms with Crippen molar-refractivity contribution in [2.45, 2.75) is 18.5 Å². The summed E-state index contributed by atoms with van der Waals surface area (Å²) in [6.45, 7) is 0. The summed E-state index contributed by atoms with van der Waals surface area (Å²) >= 11 is 0. The van der Waals surface area contributed by atoms with E-state index in [0.717, 1.165) is 19.1 Å². The normalized spacial score (nSPS) is 16.3. The van der Waals surface area contributed by atoms with Crippen LogP contribution in [0.3, 0.4) is 0 Å². The highest BCUT2D eigenvalue weighted by molar-refractivity contribution is 6.03. The Morgan fingerprint density at radius 2 is 1.88 bits per heavy atom. The van der Waals surface area contributed by atoms with E-state index in [1.54, 1.807) is 0 Å². The quantitative estimate of drug-likeness (QED) is 0.683. The molecule has 0 aromatic heterocycles. The van der Waals surface area contributed by atoms with Crippen molar-refractivity contribution in [2.75, 3.05) is 28.4 Å². The van der Waals surface area contributed by atoms with Crippen LogP contribution in [-0.2, 0) is 19.1 Å². The van der Waals surface area contributed by atoms with Crippen molar-refractivity contribution < 1.29 is 33.3 Å². The van der Waals surface area contributed by atoms with E-state index in [2.05, 4.69) is 4.74 Å². The lowest BCUT2D eigenvalue weighted by molar-refractivity contribution is -0.152. The van der Waals surface area contributed by atoms with Gasteiger partial charge in [0, 0.05) is 11.6 Å². The molecule has 0 radical (unpaired) electrons. The first kappa shape index (κ1) is 19.1. The predicted molar refractivity (Wildman–Crippen MR) is 86.5 cm³/mol. The minimum atomic E-state index is -1.31. The van der Waals surface area contributed by atoms with Gasteiger partial charge in [0.25, 0.3) is 5.91 Å². The maximum Gasteiger partial charge on any atom is 0.329 e. The van der Waals surface area contributed by atoms with Gasteiger partial charge in [0.05, 0.1) is 46.5 Å². The van der Waals surface area contributed by atoms with Gasteiger partial charge in [0.15, 0.2) is 0 Å². The van der Waals surface area contributed by atoms with Gasteiger partial charge >= 0.3 is 11.9 Å². The van der Waals surface area contributed by atoms with Crippen molar-refractivity contribution in [1.29, 1.82) is 5.26 Å². The lowest BCUT2D eigenvalue weighted by Gasteiger charge is -2.27. The Kier molecular flexibility index (Phi) is 5.67. The number of carbonyl (C=O) groups is 3. The van der Waals surface area contributed by atoms with Crippen molar-refractivity contribution >= 4 is 17.8 Å². The molecule has 0 saturated carbocycles. The van der Waals surface area contributed by atoms with Gasteiger partial charge in [-0.2, -0.15) is 5.26 Å². The van der Waals surface area contributed by atoms with Gasteiger partial charge in [0.1, 0.15) is 23.6 Å². The number of methoxy groups -OCH3 is 4. The molecule has 0 bridgehead atoms. The van der Waals surface area contributed by atoms with Crippen LogP contribution in [0.15, 0.2) is 12.1 Å². The third kappa shape index (κ3) is 3.13. The predicted octanol–water partition coefficient (Wildman–Crippen LogP) is 0.829. The van der Waals surface area contributed by atoms with Gasteiger partial charge < -0.3 is 23.8 Å². The Labute approximate surface area is 150 Å². The summed E-state index contributed by atoms with van der Waals surface area (Å²) < 4.78 is 19.7. The van der Waals surface area contributed by atoms with E-state index in [0.29, 0.717) is 11.3 Å². The number of ether oxygens (including phenoxy) is 4. The molecule has 0 aliphatic carbocycles. The molecule has 138 valence electrons. The van der Waals surface area contributed by atoms with Crippen LogP contribution in [0.5, 0.6) is 11.5 Å². The van der Waals surface area contributed by atoms with Crippen LogP contribution in [0, 0.1) is 11.3 Å². The number of hydrogen-bond acceptors (Lipinski definition) is 8. The van der Waals surface area contributed by atoms with Gasteiger partial charge in [0.2, 0.25) is 0 Å². The molecule has 1 aromatic carbocycles. The monoisotopic (exact) mass is 362 g/mol. The highest BCUT2D eigenvalue weighted by Crippen LogP contribution is 2.43. The van der Waals surface area contributed by atoms with Crippen molar-refractivity contribution in [1.82, 2.24) is 4.90 Å². The molecular formula is C17H18N2O7. The van der Waals surface area contributed by atoms with Crippen LogP contribution in [0.1, 0.15) is 28.4 Å². The molecule has 0 N–H and O–H groups in total. The molecule has 1 aliphatic rings. The number of carbonyl (C=O) groups excluding carboxylic acids is 3. The van der Waals surface area contributed by atoms with Gasteiger partial charge in [-0.05, 0) is 6.07 Å². The van der Waals surface area contributed by atoms with E-state index in [4.69, 9.17) is 14.2 Å². The second kappa shape index (κ2) is 7.74. The molecule has 0 fully saturated rings. The molecule has 1 aromatic rings. The number of benzene rings is 1. The molecule has 0 saturated heterocycles. The van der Waals surface area contributed by atoms with E-state index in [9.17, 15) is 19.6 Å². The van der Waals surface area contributed by atoms with Crippen molar-refractivity contribution in [3.8, 4) is 17.6 Å². The fraction of sp³-hybridized carbons (Fsp3) is 0.412. The number of nitrogens with zero attached hydrogens (tertiary/aromatic N) is 2. The third-order valence-corrected chi connectivity index (χ3v) is 4.11. The summed E-state index contributed by atoms with van der Waals surface area (Å²) in [5, 5.41) is 9.64. The summed E-state index contributed by atoms with van der Waals surface area (Å²) in [6.07, 6.45) is -0.444. The Morgan fingerprint density at radius 3 is 2.38 bits per heavy atom. The van der Waals surface area contributed by atoms with Gasteiger partial charge in [-0.3, -0.25) is 9.59 Å². The third-order valence-electron chi connectivity index (χ3n) is 4.11. The molecule has 9 heteroatoms. The first-order valence-corrected chi connectivity index (χ1v) is 7.56. The van der Waals surface area contributed by atoms with Crippen LogP contribution < -0.4 is 9.47 Å². The van der Waals surface area contributed by atoms with Gasteiger partial charge in [-0.25, -0.2) is 4.79 Å². The van der Waals surface area contributed by atoms with Crippen LogP contribution in [-0.4, -0.2) is 57.2 Å². The minimum absolute atomic E-state index is 0.159. The van der Waals surface area contributed by atoms with E-state index in [-0.39, 0.29) is 11.3 Å². The standard InChI is InChI=1S/C17H18N2O7/c1-23-9-5-10-15(13(6-9)24-2)12(8-18)19(16(10)21)11(17(22)26-4)7-14(20)25-3/h5-6,11-12H,7H2,1-4H3. The summed E-state index contributed by atoms with van der Waals surface area (Å²) in [5.74, 6) is -1.53. The molecule has 2 atom stereocenters. The molecule has 2 unspecified atom stereocenters. The van der Waals surface area contributed by atoms with Crippen LogP contribution in [0.4, 0.5) is 0 Å². The van der Waals surface area contributed by atoms with E-state index < -0.39 is 36.4 Å².